The summed E-state index contributed by atoms with van der Waals surface area (Å²) in [5.41, 5.74) is -0.0607. The molecule has 0 atom stereocenters. The minimum Gasteiger partial charge on any atom is -0.497 e. The lowest BCUT2D eigenvalue weighted by Gasteiger charge is -2.08. The molecule has 0 spiro atoms. The zero-order valence-electron chi connectivity index (χ0n) is 14.1. The fourth-order valence-electron chi connectivity index (χ4n) is 2.14. The summed E-state index contributed by atoms with van der Waals surface area (Å²) in [7, 11) is 2.54. The van der Waals surface area contributed by atoms with Crippen LogP contribution in [0.1, 0.15) is 11.4 Å². The number of rotatable bonds is 6. The molecule has 1 heterocycles. The van der Waals surface area contributed by atoms with Crippen LogP contribution >= 0.6 is 0 Å². The molecule has 0 bridgehead atoms. The van der Waals surface area contributed by atoms with Crippen LogP contribution in [0.3, 0.4) is 0 Å². The van der Waals surface area contributed by atoms with Crippen LogP contribution in [0.2, 0.25) is 0 Å². The number of amides is 2. The highest BCUT2D eigenvalue weighted by Crippen LogP contribution is 2.25. The minimum atomic E-state index is -4.72. The smallest absolute Gasteiger partial charge is 0.451 e. The van der Waals surface area contributed by atoms with E-state index in [1.165, 1.54) is 0 Å². The number of nitrogens with zero attached hydrogens (tertiary/aromatic N) is 3. The zero-order chi connectivity index (χ0) is 19.3. The molecule has 2 N–H and O–H groups in total. The normalized spacial score (nSPS) is 11.3. The van der Waals surface area contributed by atoms with Crippen molar-refractivity contribution in [3.63, 3.8) is 0 Å². The monoisotopic (exact) mass is 373 g/mol. The van der Waals surface area contributed by atoms with Gasteiger partial charge in [0.25, 0.3) is 0 Å². The van der Waals surface area contributed by atoms with Crippen LogP contribution in [0.15, 0.2) is 29.1 Å². The van der Waals surface area contributed by atoms with E-state index in [4.69, 9.17) is 4.74 Å². The number of aromatic nitrogens is 3. The fourth-order valence-corrected chi connectivity index (χ4v) is 2.14. The van der Waals surface area contributed by atoms with Gasteiger partial charge in [0.2, 0.25) is 5.82 Å². The van der Waals surface area contributed by atoms with Crippen LogP contribution < -0.4 is 21.1 Å². The Hall–Kier alpha value is -2.98. The molecule has 0 radical (unpaired) electrons. The summed E-state index contributed by atoms with van der Waals surface area (Å²) in [5.74, 6) is -0.594. The molecule has 0 unspecified atom stereocenters. The Kier molecular flexibility index (Phi) is 5.90. The third kappa shape index (κ3) is 4.77. The van der Waals surface area contributed by atoms with Crippen LogP contribution in [0.5, 0.6) is 5.75 Å². The molecule has 0 saturated carbocycles. The number of nitrogens with one attached hydrogen (secondary N) is 2. The maximum absolute atomic E-state index is 12.7. The maximum Gasteiger partial charge on any atom is 0.451 e. The second kappa shape index (κ2) is 7.93. The second-order valence-corrected chi connectivity index (χ2v) is 5.34. The number of carbonyl (C=O) groups excluding carboxylic acids is 1. The highest BCUT2D eigenvalue weighted by molar-refractivity contribution is 5.73. The number of halogens is 3. The lowest BCUT2D eigenvalue weighted by Crippen LogP contribution is -2.38. The molecule has 0 fully saturated rings. The summed E-state index contributed by atoms with van der Waals surface area (Å²) in [4.78, 5) is 23.4. The number of ether oxygens (including phenoxy) is 1. The molecular formula is C15H18F3N5O3. The van der Waals surface area contributed by atoms with E-state index >= 15 is 0 Å². The first-order valence-electron chi connectivity index (χ1n) is 7.58. The summed E-state index contributed by atoms with van der Waals surface area (Å²) in [6.45, 7) is 0.0267. The van der Waals surface area contributed by atoms with Gasteiger partial charge in [0, 0.05) is 20.1 Å². The van der Waals surface area contributed by atoms with Crippen LogP contribution in [0.25, 0.3) is 0 Å². The Morgan fingerprint density at radius 1 is 1.23 bits per heavy atom. The number of methoxy groups -OCH3 is 1. The van der Waals surface area contributed by atoms with E-state index in [2.05, 4.69) is 15.7 Å². The SMILES string of the molecule is COc1ccc(CNC(=O)NCCn2nc(C(F)(F)F)n(C)c2=O)cc1. The Bertz CT molecular complexity index is 811. The van der Waals surface area contributed by atoms with E-state index in [0.717, 1.165) is 12.6 Å². The predicted octanol–water partition coefficient (Wildman–Crippen LogP) is 1.11. The molecule has 142 valence electrons. The van der Waals surface area contributed by atoms with Gasteiger partial charge in [0.05, 0.1) is 13.7 Å². The van der Waals surface area contributed by atoms with Crippen molar-refractivity contribution in [3.8, 4) is 5.75 Å². The Labute approximate surface area is 146 Å². The van der Waals surface area contributed by atoms with E-state index in [9.17, 15) is 22.8 Å². The van der Waals surface area contributed by atoms with Crippen molar-refractivity contribution in [3.05, 3.63) is 46.1 Å². The number of urea groups is 1. The molecule has 2 aromatic rings. The van der Waals surface area contributed by atoms with Gasteiger partial charge >= 0.3 is 17.9 Å². The van der Waals surface area contributed by atoms with Crippen molar-refractivity contribution in [2.24, 2.45) is 7.05 Å². The molecule has 0 aliphatic carbocycles. The third-order valence-corrected chi connectivity index (χ3v) is 3.52. The first-order chi connectivity index (χ1) is 12.2. The van der Waals surface area contributed by atoms with Crippen molar-refractivity contribution >= 4 is 6.03 Å². The van der Waals surface area contributed by atoms with Gasteiger partial charge in [-0.25, -0.2) is 14.3 Å². The summed E-state index contributed by atoms with van der Waals surface area (Å²) in [6.07, 6.45) is -4.72. The Morgan fingerprint density at radius 3 is 2.42 bits per heavy atom. The lowest BCUT2D eigenvalue weighted by molar-refractivity contribution is -0.147. The number of hydrogen-bond acceptors (Lipinski definition) is 4. The third-order valence-electron chi connectivity index (χ3n) is 3.52. The summed E-state index contributed by atoms with van der Waals surface area (Å²) in [6, 6.07) is 6.55. The van der Waals surface area contributed by atoms with Gasteiger partial charge in [0.1, 0.15) is 5.75 Å². The Balaban J connectivity index is 1.82. The molecule has 2 amide bonds. The van der Waals surface area contributed by atoms with Gasteiger partial charge in [-0.2, -0.15) is 13.2 Å². The van der Waals surface area contributed by atoms with Crippen molar-refractivity contribution < 1.29 is 22.7 Å². The molecule has 1 aromatic heterocycles. The number of alkyl halides is 3. The fraction of sp³-hybridized carbons (Fsp3) is 0.400. The minimum absolute atomic E-state index is 0.0529. The van der Waals surface area contributed by atoms with E-state index in [1.54, 1.807) is 31.4 Å². The zero-order valence-corrected chi connectivity index (χ0v) is 14.1. The molecular weight excluding hydrogens is 355 g/mol. The summed E-state index contributed by atoms with van der Waals surface area (Å²) < 4.78 is 44.1. The highest BCUT2D eigenvalue weighted by atomic mass is 19.4. The van der Waals surface area contributed by atoms with Gasteiger partial charge in [-0.05, 0) is 17.7 Å². The average molecular weight is 373 g/mol. The molecule has 0 aliphatic heterocycles. The topological polar surface area (TPSA) is 90.2 Å². The van der Waals surface area contributed by atoms with Gasteiger partial charge in [-0.1, -0.05) is 12.1 Å². The first-order valence-corrected chi connectivity index (χ1v) is 7.58. The van der Waals surface area contributed by atoms with Crippen molar-refractivity contribution in [1.82, 2.24) is 25.0 Å². The van der Waals surface area contributed by atoms with Gasteiger partial charge in [-0.3, -0.25) is 4.57 Å². The average Bonchev–Trinajstić information content (AvgIpc) is 2.89. The predicted molar refractivity (Wildman–Crippen MR) is 85.7 cm³/mol. The van der Waals surface area contributed by atoms with E-state index in [0.29, 0.717) is 15.0 Å². The van der Waals surface area contributed by atoms with Crippen LogP contribution in [-0.2, 0) is 26.3 Å². The van der Waals surface area contributed by atoms with Crippen LogP contribution in [-0.4, -0.2) is 34.0 Å². The largest absolute Gasteiger partial charge is 0.497 e. The summed E-state index contributed by atoms with van der Waals surface area (Å²) in [5, 5.41) is 8.29. The van der Waals surface area contributed by atoms with Crippen molar-refractivity contribution in [2.75, 3.05) is 13.7 Å². The van der Waals surface area contributed by atoms with Crippen molar-refractivity contribution in [1.29, 1.82) is 0 Å². The first kappa shape index (κ1) is 19.3. The maximum atomic E-state index is 12.7. The van der Waals surface area contributed by atoms with Gasteiger partial charge in [0.15, 0.2) is 0 Å². The second-order valence-electron chi connectivity index (χ2n) is 5.34. The number of hydrogen-bond donors (Lipinski definition) is 2. The molecule has 8 nitrogen and oxygen atoms in total. The van der Waals surface area contributed by atoms with E-state index < -0.39 is 23.7 Å². The summed E-state index contributed by atoms with van der Waals surface area (Å²) >= 11 is 0. The number of carbonyl (C=O) groups is 1. The molecule has 26 heavy (non-hydrogen) atoms. The number of benzene rings is 1. The standard InChI is InChI=1S/C15H18F3N5O3/c1-22-12(15(16,17)18)21-23(14(22)25)8-7-19-13(24)20-9-10-3-5-11(26-2)6-4-10/h3-6H,7-9H2,1-2H3,(H2,19,20,24). The molecule has 2 rings (SSSR count). The van der Waals surface area contributed by atoms with Crippen molar-refractivity contribution in [2.45, 2.75) is 19.3 Å². The lowest BCUT2D eigenvalue weighted by atomic mass is 10.2. The molecule has 0 aliphatic rings. The molecule has 11 heteroatoms. The van der Waals surface area contributed by atoms with E-state index in [1.807, 2.05) is 0 Å². The molecule has 1 aromatic carbocycles. The van der Waals surface area contributed by atoms with Gasteiger partial charge < -0.3 is 15.4 Å². The quantitative estimate of drug-likeness (QED) is 0.794. The highest BCUT2D eigenvalue weighted by Gasteiger charge is 2.37. The van der Waals surface area contributed by atoms with Crippen LogP contribution in [0, 0.1) is 0 Å². The van der Waals surface area contributed by atoms with Gasteiger partial charge in [-0.15, -0.1) is 5.10 Å². The van der Waals surface area contributed by atoms with E-state index in [-0.39, 0.29) is 19.6 Å². The molecule has 0 saturated heterocycles. The Morgan fingerprint density at radius 2 is 1.88 bits per heavy atom. The van der Waals surface area contributed by atoms with Crippen LogP contribution in [0.4, 0.5) is 18.0 Å².